The Bertz CT molecular complexity index is 1320. The van der Waals surface area contributed by atoms with Gasteiger partial charge in [-0.2, -0.15) is 0 Å². The van der Waals surface area contributed by atoms with Gasteiger partial charge in [0.25, 0.3) is 5.95 Å². The van der Waals surface area contributed by atoms with Gasteiger partial charge < -0.3 is 9.15 Å². The summed E-state index contributed by atoms with van der Waals surface area (Å²) in [6, 6.07) is 5.64. The fourth-order valence-electron chi connectivity index (χ4n) is 2.87. The molecule has 0 unspecified atom stereocenters. The smallest absolute Gasteiger partial charge is 0.292 e. The standard InChI is InChI=1S/C16H19IO3.C6H3Cl4NO2S/c1-3-5-9-19-16-12(6-4-2)15(18)13-10-11(17)7-8-14(13)20-16;1-14(12,13)4-2(7)5(9)11-6(10)3(4)8/h7-8,10H,3-6,9H2,1-2H3;1H3. The van der Waals surface area contributed by atoms with E-state index in [0.717, 1.165) is 29.1 Å². The molecular weight excluding hydrogens is 659 g/mol. The SMILES string of the molecule is CCCCOc1oc2ccc(I)cc2c(=O)c1CCC.CS(=O)(=O)c1c(Cl)c(Cl)nc(Cl)c1Cl. The highest BCUT2D eigenvalue weighted by Gasteiger charge is 2.23. The molecule has 0 fully saturated rings. The Balaban J connectivity index is 0.000000257. The molecule has 0 atom stereocenters. The zero-order valence-electron chi connectivity index (χ0n) is 18.6. The highest BCUT2D eigenvalue weighted by molar-refractivity contribution is 14.1. The summed E-state index contributed by atoms with van der Waals surface area (Å²) in [6.45, 7) is 4.75. The Morgan fingerprint density at radius 2 is 1.68 bits per heavy atom. The largest absolute Gasteiger partial charge is 0.465 e. The van der Waals surface area contributed by atoms with E-state index in [0.29, 0.717) is 35.5 Å². The highest BCUT2D eigenvalue weighted by Crippen LogP contribution is 2.37. The van der Waals surface area contributed by atoms with Crippen molar-refractivity contribution in [1.82, 2.24) is 4.98 Å². The Labute approximate surface area is 231 Å². The third-order valence-electron chi connectivity index (χ3n) is 4.47. The predicted molar refractivity (Wildman–Crippen MR) is 147 cm³/mol. The molecular formula is C22H22Cl4INO5S. The number of nitrogens with zero attached hydrogens (tertiary/aromatic N) is 1. The van der Waals surface area contributed by atoms with E-state index in [2.05, 4.69) is 34.5 Å². The van der Waals surface area contributed by atoms with Gasteiger partial charge in [-0.25, -0.2) is 13.4 Å². The first-order valence-corrected chi connectivity index (χ1v) is 14.7. The summed E-state index contributed by atoms with van der Waals surface area (Å²) in [5.74, 6) is 0.402. The average Bonchev–Trinajstić information content (AvgIpc) is 2.75. The van der Waals surface area contributed by atoms with E-state index in [4.69, 9.17) is 55.6 Å². The minimum Gasteiger partial charge on any atom is -0.465 e. The van der Waals surface area contributed by atoms with Crippen LogP contribution in [-0.2, 0) is 16.3 Å². The predicted octanol–water partition coefficient (Wildman–Crippen LogP) is 7.63. The third kappa shape index (κ3) is 7.36. The molecule has 0 aliphatic heterocycles. The van der Waals surface area contributed by atoms with Crippen LogP contribution in [0, 0.1) is 3.57 Å². The lowest BCUT2D eigenvalue weighted by atomic mass is 10.1. The second-order valence-electron chi connectivity index (χ2n) is 7.21. The number of pyridine rings is 1. The van der Waals surface area contributed by atoms with Crippen molar-refractivity contribution in [3.63, 3.8) is 0 Å². The van der Waals surface area contributed by atoms with Crippen LogP contribution < -0.4 is 10.2 Å². The van der Waals surface area contributed by atoms with Gasteiger partial charge in [-0.3, -0.25) is 4.79 Å². The van der Waals surface area contributed by atoms with E-state index >= 15 is 0 Å². The number of halogens is 5. The van der Waals surface area contributed by atoms with Crippen LogP contribution in [0.4, 0.5) is 0 Å². The number of hydrogen-bond donors (Lipinski definition) is 0. The Morgan fingerprint density at radius 1 is 1.06 bits per heavy atom. The first kappa shape index (κ1) is 29.5. The molecule has 3 rings (SSSR count). The first-order valence-electron chi connectivity index (χ1n) is 10.2. The number of hydrogen-bond acceptors (Lipinski definition) is 6. The van der Waals surface area contributed by atoms with Crippen LogP contribution in [0.3, 0.4) is 0 Å². The molecule has 186 valence electrons. The van der Waals surface area contributed by atoms with Gasteiger partial charge >= 0.3 is 0 Å². The molecule has 12 heteroatoms. The molecule has 0 aliphatic rings. The maximum atomic E-state index is 12.6. The molecule has 0 saturated heterocycles. The highest BCUT2D eigenvalue weighted by atomic mass is 127. The molecule has 34 heavy (non-hydrogen) atoms. The van der Waals surface area contributed by atoms with Crippen molar-refractivity contribution in [1.29, 1.82) is 0 Å². The number of unbranched alkanes of at least 4 members (excludes halogenated alkanes) is 1. The first-order chi connectivity index (χ1) is 15.9. The fourth-order valence-corrected chi connectivity index (χ4v) is 5.88. The average molecular weight is 681 g/mol. The molecule has 0 N–H and O–H groups in total. The molecule has 0 aliphatic carbocycles. The minimum atomic E-state index is -3.58. The molecule has 1 aromatic carbocycles. The summed E-state index contributed by atoms with van der Waals surface area (Å²) in [5, 5.41) is -0.182. The van der Waals surface area contributed by atoms with Crippen LogP contribution in [0.1, 0.15) is 38.7 Å². The van der Waals surface area contributed by atoms with Crippen LogP contribution in [0.2, 0.25) is 20.4 Å². The number of sulfone groups is 1. The van der Waals surface area contributed by atoms with Gasteiger partial charge in [0.05, 0.1) is 27.6 Å². The maximum absolute atomic E-state index is 12.6. The van der Waals surface area contributed by atoms with Gasteiger partial charge in [0.2, 0.25) is 0 Å². The van der Waals surface area contributed by atoms with E-state index in [-0.39, 0.29) is 30.7 Å². The second-order valence-corrected chi connectivity index (χ2v) is 11.9. The molecule has 0 bridgehead atoms. The van der Waals surface area contributed by atoms with Gasteiger partial charge in [-0.05, 0) is 53.6 Å². The number of fused-ring (bicyclic) bond motifs is 1. The van der Waals surface area contributed by atoms with Crippen molar-refractivity contribution in [3.8, 4) is 5.95 Å². The third-order valence-corrected chi connectivity index (χ3v) is 7.99. The molecule has 0 radical (unpaired) electrons. The molecule has 3 aromatic rings. The fraction of sp³-hybridized carbons (Fsp3) is 0.364. The van der Waals surface area contributed by atoms with Gasteiger partial charge in [-0.15, -0.1) is 0 Å². The van der Waals surface area contributed by atoms with Crippen molar-refractivity contribution in [2.75, 3.05) is 12.9 Å². The van der Waals surface area contributed by atoms with E-state index in [9.17, 15) is 13.2 Å². The number of benzene rings is 1. The normalized spacial score (nSPS) is 11.3. The summed E-state index contributed by atoms with van der Waals surface area (Å²) in [6.07, 6.45) is 4.54. The molecule has 0 saturated carbocycles. The zero-order valence-corrected chi connectivity index (χ0v) is 24.6. The summed E-state index contributed by atoms with van der Waals surface area (Å²) in [4.78, 5) is 15.8. The zero-order chi connectivity index (χ0) is 25.6. The van der Waals surface area contributed by atoms with Crippen molar-refractivity contribution < 1.29 is 17.6 Å². The van der Waals surface area contributed by atoms with Gasteiger partial charge in [0.15, 0.2) is 25.6 Å². The lowest BCUT2D eigenvalue weighted by Crippen LogP contribution is -2.12. The van der Waals surface area contributed by atoms with E-state index in [1.807, 2.05) is 25.1 Å². The van der Waals surface area contributed by atoms with Gasteiger partial charge in [0, 0.05) is 9.83 Å². The van der Waals surface area contributed by atoms with E-state index in [1.54, 1.807) is 0 Å². The van der Waals surface area contributed by atoms with E-state index in [1.165, 1.54) is 0 Å². The minimum absolute atomic E-state index is 0.0399. The molecule has 0 spiro atoms. The lowest BCUT2D eigenvalue weighted by molar-refractivity contribution is 0.237. The maximum Gasteiger partial charge on any atom is 0.292 e. The Kier molecular flexibility index (Phi) is 11.2. The summed E-state index contributed by atoms with van der Waals surface area (Å²) in [5.41, 5.74) is 1.30. The topological polar surface area (TPSA) is 86.5 Å². The number of ether oxygens (including phenoxy) is 1. The number of aromatic nitrogens is 1. The monoisotopic (exact) mass is 679 g/mol. The molecule has 2 aromatic heterocycles. The second kappa shape index (κ2) is 13.0. The van der Waals surface area contributed by atoms with Crippen LogP contribution in [0.5, 0.6) is 5.95 Å². The molecule has 0 amide bonds. The van der Waals surface area contributed by atoms with Crippen LogP contribution in [0.15, 0.2) is 32.3 Å². The Morgan fingerprint density at radius 3 is 2.21 bits per heavy atom. The summed E-state index contributed by atoms with van der Waals surface area (Å²) < 4.78 is 35.0. The Hall–Kier alpha value is -0.780. The van der Waals surface area contributed by atoms with Crippen molar-refractivity contribution in [3.05, 3.63) is 57.9 Å². The summed E-state index contributed by atoms with van der Waals surface area (Å²) >= 11 is 24.6. The van der Waals surface area contributed by atoms with Crippen molar-refractivity contribution >= 4 is 89.8 Å². The van der Waals surface area contributed by atoms with Crippen molar-refractivity contribution in [2.45, 2.75) is 44.4 Å². The lowest BCUT2D eigenvalue weighted by Gasteiger charge is -2.10. The van der Waals surface area contributed by atoms with Gasteiger partial charge in [0.1, 0.15) is 10.5 Å². The van der Waals surface area contributed by atoms with Crippen LogP contribution in [0.25, 0.3) is 11.0 Å². The number of rotatable bonds is 7. The van der Waals surface area contributed by atoms with E-state index < -0.39 is 9.84 Å². The quantitative estimate of drug-likeness (QED) is 0.145. The molecule has 6 nitrogen and oxygen atoms in total. The van der Waals surface area contributed by atoms with Gasteiger partial charge in [-0.1, -0.05) is 73.1 Å². The van der Waals surface area contributed by atoms with Crippen LogP contribution >= 0.6 is 69.0 Å². The van der Waals surface area contributed by atoms with Crippen LogP contribution in [-0.4, -0.2) is 26.3 Å². The summed E-state index contributed by atoms with van der Waals surface area (Å²) in [7, 11) is -3.58. The van der Waals surface area contributed by atoms with Crippen molar-refractivity contribution in [2.24, 2.45) is 0 Å². The molecule has 2 heterocycles.